The zero-order valence-electron chi connectivity index (χ0n) is 16.7. The number of nitrogens with zero attached hydrogens (tertiary/aromatic N) is 1. The van der Waals surface area contributed by atoms with Crippen LogP contribution in [0.3, 0.4) is 0 Å². The molecule has 0 spiro atoms. The van der Waals surface area contributed by atoms with E-state index in [-0.39, 0.29) is 33.1 Å². The molecule has 0 bridgehead atoms. The Labute approximate surface area is 183 Å². The van der Waals surface area contributed by atoms with Crippen molar-refractivity contribution in [3.05, 3.63) is 88.7 Å². The minimum Gasteiger partial charge on any atom is -0.366 e. The molecule has 32 heavy (non-hydrogen) atoms. The lowest BCUT2D eigenvalue weighted by molar-refractivity contribution is 0.0995. The number of amides is 2. The second-order valence-electron chi connectivity index (χ2n) is 7.06. The van der Waals surface area contributed by atoms with Crippen LogP contribution in [-0.2, 0) is 10.0 Å². The number of hydrogen-bond acceptors (Lipinski definition) is 5. The molecule has 0 aromatic heterocycles. The predicted octanol–water partition coefficient (Wildman–Crippen LogP) is 3.05. The molecule has 4 N–H and O–H groups in total. The topological polar surface area (TPSA) is 131 Å². The summed E-state index contributed by atoms with van der Waals surface area (Å²) in [5.74, 6) is -1.81. The fourth-order valence-electron chi connectivity index (χ4n) is 3.18. The highest BCUT2D eigenvalue weighted by molar-refractivity contribution is 7.90. The summed E-state index contributed by atoms with van der Waals surface area (Å²) in [6.45, 7) is 1.47. The number of primary amides is 1. The molecule has 3 aromatic carbocycles. The molecule has 8 nitrogen and oxygen atoms in total. The molecule has 0 radical (unpaired) electrons. The average Bonchev–Trinajstić information content (AvgIpc) is 3.01. The highest BCUT2D eigenvalue weighted by Crippen LogP contribution is 2.27. The number of nitrogens with two attached hydrogens (primary N) is 1. The molecule has 0 aliphatic carbocycles. The Bertz CT molecular complexity index is 1400. The molecule has 0 saturated heterocycles. The molecule has 0 saturated carbocycles. The van der Waals surface area contributed by atoms with Gasteiger partial charge in [-0.15, -0.1) is 4.40 Å². The predicted molar refractivity (Wildman–Crippen MR) is 118 cm³/mol. The van der Waals surface area contributed by atoms with Crippen LogP contribution in [0.1, 0.15) is 31.8 Å². The summed E-state index contributed by atoms with van der Waals surface area (Å²) in [5, 5.41) is 5.51. The van der Waals surface area contributed by atoms with E-state index >= 15 is 0 Å². The Kier molecular flexibility index (Phi) is 5.23. The summed E-state index contributed by atoms with van der Waals surface area (Å²) in [6.07, 6.45) is 0. The number of hydrogen-bond donors (Lipinski definition) is 3. The van der Waals surface area contributed by atoms with Crippen LogP contribution in [-0.4, -0.2) is 26.1 Å². The molecule has 0 fully saturated rings. The third-order valence-electron chi connectivity index (χ3n) is 4.92. The smallest absolute Gasteiger partial charge is 0.285 e. The lowest BCUT2D eigenvalue weighted by atomic mass is 10.1. The number of anilines is 2. The van der Waals surface area contributed by atoms with Gasteiger partial charge in [-0.2, -0.15) is 8.42 Å². The van der Waals surface area contributed by atoms with Crippen molar-refractivity contribution in [2.24, 2.45) is 10.1 Å². The monoisotopic (exact) mass is 452 g/mol. The quantitative estimate of drug-likeness (QED) is 0.560. The maximum absolute atomic E-state index is 14.0. The first-order valence-electron chi connectivity index (χ1n) is 9.38. The van der Waals surface area contributed by atoms with E-state index in [0.29, 0.717) is 11.3 Å². The lowest BCUT2D eigenvalue weighted by Gasteiger charge is -2.11. The third-order valence-corrected chi connectivity index (χ3v) is 6.25. The Balaban J connectivity index is 1.53. The normalized spacial score (nSPS) is 13.8. The number of benzene rings is 3. The Morgan fingerprint density at radius 2 is 1.69 bits per heavy atom. The number of sulfonamides is 1. The van der Waals surface area contributed by atoms with E-state index < -0.39 is 27.7 Å². The Morgan fingerprint density at radius 3 is 2.38 bits per heavy atom. The zero-order chi connectivity index (χ0) is 23.0. The van der Waals surface area contributed by atoms with Crippen LogP contribution in [0.25, 0.3) is 0 Å². The van der Waals surface area contributed by atoms with Crippen LogP contribution < -0.4 is 16.4 Å². The van der Waals surface area contributed by atoms with Gasteiger partial charge >= 0.3 is 0 Å². The summed E-state index contributed by atoms with van der Waals surface area (Å²) in [4.78, 5) is 24.1. The molecule has 0 atom stereocenters. The van der Waals surface area contributed by atoms with Crippen molar-refractivity contribution in [1.29, 1.82) is 0 Å². The molecule has 10 heteroatoms. The van der Waals surface area contributed by atoms with Gasteiger partial charge in [0.25, 0.3) is 15.9 Å². The molecular formula is C22H17FN4O4S. The molecular weight excluding hydrogens is 435 g/mol. The van der Waals surface area contributed by atoms with Crippen molar-refractivity contribution in [2.45, 2.75) is 11.8 Å². The van der Waals surface area contributed by atoms with Crippen molar-refractivity contribution in [3.8, 4) is 0 Å². The van der Waals surface area contributed by atoms with Crippen molar-refractivity contribution < 1.29 is 22.4 Å². The fourth-order valence-corrected chi connectivity index (χ4v) is 4.36. The van der Waals surface area contributed by atoms with Crippen molar-refractivity contribution >= 4 is 39.0 Å². The van der Waals surface area contributed by atoms with Gasteiger partial charge in [0.1, 0.15) is 10.7 Å². The summed E-state index contributed by atoms with van der Waals surface area (Å²) in [6, 6.07) is 15.0. The Hall–Kier alpha value is -4.05. The van der Waals surface area contributed by atoms with Crippen LogP contribution in [0, 0.1) is 12.7 Å². The summed E-state index contributed by atoms with van der Waals surface area (Å²) < 4.78 is 42.1. The highest BCUT2D eigenvalue weighted by atomic mass is 32.2. The van der Waals surface area contributed by atoms with Crippen LogP contribution in [0.15, 0.2) is 70.0 Å². The van der Waals surface area contributed by atoms with E-state index in [9.17, 15) is 22.4 Å². The first-order valence-corrected chi connectivity index (χ1v) is 10.8. The van der Waals surface area contributed by atoms with Gasteiger partial charge in [-0.25, -0.2) is 4.39 Å². The van der Waals surface area contributed by atoms with Crippen molar-refractivity contribution in [1.82, 2.24) is 0 Å². The number of carbonyl (C=O) groups excluding carboxylic acids is 2. The van der Waals surface area contributed by atoms with Gasteiger partial charge in [0.2, 0.25) is 5.91 Å². The molecule has 1 aliphatic rings. The van der Waals surface area contributed by atoms with Gasteiger partial charge in [-0.3, -0.25) is 9.59 Å². The van der Waals surface area contributed by atoms with Crippen LogP contribution >= 0.6 is 0 Å². The number of halogens is 1. The molecule has 0 unspecified atom stereocenters. The first-order chi connectivity index (χ1) is 15.2. The summed E-state index contributed by atoms with van der Waals surface area (Å²) >= 11 is 0. The Morgan fingerprint density at radius 1 is 1.00 bits per heavy atom. The standard InChI is InChI=1S/C22H17FN4O4S/c1-12-17(23)10-14(20(24)28)11-18(12)26-22(29)13-6-8-15(9-7-13)25-21-16-4-2-3-5-19(16)32(30,31)27-21/h2-11H,1H3,(H2,24,28)(H,25,27)(H,26,29). The van der Waals surface area contributed by atoms with E-state index in [4.69, 9.17) is 5.73 Å². The van der Waals surface area contributed by atoms with E-state index in [1.54, 1.807) is 30.3 Å². The molecule has 4 rings (SSSR count). The van der Waals surface area contributed by atoms with E-state index in [1.165, 1.54) is 31.2 Å². The fraction of sp³-hybridized carbons (Fsp3) is 0.0455. The number of nitrogens with one attached hydrogen (secondary N) is 2. The van der Waals surface area contributed by atoms with Crippen LogP contribution in [0.4, 0.5) is 15.8 Å². The van der Waals surface area contributed by atoms with Crippen LogP contribution in [0.2, 0.25) is 0 Å². The van der Waals surface area contributed by atoms with Gasteiger partial charge in [-0.1, -0.05) is 12.1 Å². The third kappa shape index (κ3) is 3.95. The second kappa shape index (κ2) is 7.89. The summed E-state index contributed by atoms with van der Waals surface area (Å²) in [5.41, 5.74) is 6.68. The summed E-state index contributed by atoms with van der Waals surface area (Å²) in [7, 11) is -3.75. The highest BCUT2D eigenvalue weighted by Gasteiger charge is 2.28. The van der Waals surface area contributed by atoms with E-state index in [1.807, 2.05) is 0 Å². The van der Waals surface area contributed by atoms with Gasteiger partial charge < -0.3 is 16.4 Å². The molecule has 1 heterocycles. The minimum absolute atomic E-state index is 0.0597. The maximum Gasteiger partial charge on any atom is 0.285 e. The number of amidine groups is 1. The SMILES string of the molecule is Cc1c(F)cc(C(N)=O)cc1NC(=O)c1ccc(NC2=NS(=O)(=O)c3ccccc32)cc1. The van der Waals surface area contributed by atoms with E-state index in [0.717, 1.165) is 6.07 Å². The second-order valence-corrected chi connectivity index (χ2v) is 8.64. The number of fused-ring (bicyclic) bond motifs is 1. The van der Waals surface area contributed by atoms with Gasteiger partial charge in [0.05, 0.1) is 0 Å². The maximum atomic E-state index is 14.0. The largest absolute Gasteiger partial charge is 0.366 e. The first kappa shape index (κ1) is 21.2. The van der Waals surface area contributed by atoms with Gasteiger partial charge in [-0.05, 0) is 55.5 Å². The number of carbonyl (C=O) groups is 2. The van der Waals surface area contributed by atoms with Crippen molar-refractivity contribution in [2.75, 3.05) is 10.6 Å². The molecule has 162 valence electrons. The zero-order valence-corrected chi connectivity index (χ0v) is 17.5. The van der Waals surface area contributed by atoms with Gasteiger partial charge in [0.15, 0.2) is 5.84 Å². The average molecular weight is 452 g/mol. The van der Waals surface area contributed by atoms with Gasteiger partial charge in [0, 0.05) is 33.6 Å². The molecule has 1 aliphatic heterocycles. The molecule has 3 aromatic rings. The number of rotatable bonds is 4. The lowest BCUT2D eigenvalue weighted by Crippen LogP contribution is -2.16. The molecule has 2 amide bonds. The van der Waals surface area contributed by atoms with Crippen LogP contribution in [0.5, 0.6) is 0 Å². The minimum atomic E-state index is -3.75. The van der Waals surface area contributed by atoms with Crippen molar-refractivity contribution in [3.63, 3.8) is 0 Å². The van der Waals surface area contributed by atoms with E-state index in [2.05, 4.69) is 15.0 Å².